The van der Waals surface area contributed by atoms with E-state index in [0.717, 1.165) is 0 Å². The summed E-state index contributed by atoms with van der Waals surface area (Å²) < 4.78 is 5.92. The summed E-state index contributed by atoms with van der Waals surface area (Å²) in [4.78, 5) is 23.4. The second-order valence-corrected chi connectivity index (χ2v) is 6.36. The number of hydrogen-bond donors (Lipinski definition) is 4. The van der Waals surface area contributed by atoms with Crippen molar-refractivity contribution in [1.82, 2.24) is 0 Å². The molecule has 0 aliphatic carbocycles. The van der Waals surface area contributed by atoms with Gasteiger partial charge < -0.3 is 34.1 Å². The molecular weight excluding hydrogens is 396 g/mol. The molecule has 29 heavy (non-hydrogen) atoms. The zero-order chi connectivity index (χ0) is 20.0. The van der Waals surface area contributed by atoms with E-state index in [1.54, 1.807) is 36.4 Å². The molecule has 0 fully saturated rings. The molecule has 3 aromatic carbocycles. The summed E-state index contributed by atoms with van der Waals surface area (Å²) in [5.41, 5.74) is 14.4. The van der Waals surface area contributed by atoms with Crippen LogP contribution in [0.3, 0.4) is 0 Å². The standard InChI is InChI=1S/C21H14N2O5.ClH/c22-11-2-5-17-15(8-11)19(16-9-12(23)3-6-18(16)28-17)14-7-10(20(24)25)1-4-13(14)21(26)27;/h1-9H,22-23H2,(H-,24,25,26,27);1H. The van der Waals surface area contributed by atoms with Crippen LogP contribution < -0.4 is 23.9 Å². The van der Waals surface area contributed by atoms with Gasteiger partial charge >= 0.3 is 23.1 Å². The minimum Gasteiger partial charge on any atom is -1.00 e. The highest BCUT2D eigenvalue weighted by Crippen LogP contribution is 2.40. The van der Waals surface area contributed by atoms with Gasteiger partial charge in [0, 0.05) is 29.1 Å². The summed E-state index contributed by atoms with van der Waals surface area (Å²) in [6.45, 7) is 0. The van der Waals surface area contributed by atoms with Gasteiger partial charge in [-0.1, -0.05) is 0 Å². The molecule has 0 amide bonds. The monoisotopic (exact) mass is 410 g/mol. The van der Waals surface area contributed by atoms with Crippen molar-refractivity contribution in [3.05, 3.63) is 65.7 Å². The molecule has 4 rings (SSSR count). The minimum absolute atomic E-state index is 0. The van der Waals surface area contributed by atoms with E-state index in [1.165, 1.54) is 18.2 Å². The van der Waals surface area contributed by atoms with Gasteiger partial charge in [-0.25, -0.2) is 14.0 Å². The molecule has 0 spiro atoms. The van der Waals surface area contributed by atoms with Crippen LogP contribution in [0.4, 0.5) is 11.4 Å². The second-order valence-electron chi connectivity index (χ2n) is 6.36. The second kappa shape index (κ2) is 7.29. The van der Waals surface area contributed by atoms with Crippen LogP contribution in [0, 0.1) is 0 Å². The van der Waals surface area contributed by atoms with E-state index in [2.05, 4.69) is 0 Å². The molecule has 8 heteroatoms. The van der Waals surface area contributed by atoms with E-state index in [9.17, 15) is 19.8 Å². The first kappa shape index (κ1) is 19.9. The Hall–Kier alpha value is -3.84. The van der Waals surface area contributed by atoms with Crippen LogP contribution >= 0.6 is 0 Å². The van der Waals surface area contributed by atoms with E-state index < -0.39 is 11.9 Å². The summed E-state index contributed by atoms with van der Waals surface area (Å²) in [5.74, 6) is -2.34. The molecular formula is C21H15ClN2O5. The van der Waals surface area contributed by atoms with E-state index in [1.807, 2.05) is 0 Å². The van der Waals surface area contributed by atoms with Gasteiger partial charge in [0.1, 0.15) is 0 Å². The Balaban J connectivity index is 0.00000240. The first-order valence-electron chi connectivity index (χ1n) is 8.31. The number of nitrogens with two attached hydrogens (primary N) is 2. The van der Waals surface area contributed by atoms with E-state index >= 15 is 0 Å². The maximum atomic E-state index is 11.9. The number of fused-ring (bicyclic) bond motifs is 2. The molecule has 0 saturated heterocycles. The van der Waals surface area contributed by atoms with Gasteiger partial charge in [-0.2, -0.15) is 0 Å². The van der Waals surface area contributed by atoms with E-state index in [-0.39, 0.29) is 29.1 Å². The van der Waals surface area contributed by atoms with Crippen LogP contribution in [0.25, 0.3) is 33.1 Å². The summed E-state index contributed by atoms with van der Waals surface area (Å²) in [6, 6.07) is 13.9. The number of carbonyl (C=O) groups is 2. The highest BCUT2D eigenvalue weighted by atomic mass is 35.5. The molecule has 0 aliphatic rings. The summed E-state index contributed by atoms with van der Waals surface area (Å²) in [7, 11) is 0. The molecule has 0 aliphatic heterocycles. The fourth-order valence-electron chi connectivity index (χ4n) is 3.29. The maximum absolute atomic E-state index is 11.9. The van der Waals surface area contributed by atoms with Crippen molar-refractivity contribution in [2.24, 2.45) is 0 Å². The van der Waals surface area contributed by atoms with Gasteiger partial charge in [-0.05, 0) is 48.0 Å². The Morgan fingerprint density at radius 1 is 0.759 bits per heavy atom. The summed E-state index contributed by atoms with van der Waals surface area (Å²) >= 11 is 0. The zero-order valence-corrected chi connectivity index (χ0v) is 15.6. The molecule has 7 nitrogen and oxygen atoms in total. The third-order valence-electron chi connectivity index (χ3n) is 4.53. The van der Waals surface area contributed by atoms with Crippen LogP contribution in [0.2, 0.25) is 0 Å². The molecule has 0 bridgehead atoms. The molecule has 0 radical (unpaired) electrons. The third kappa shape index (κ3) is 3.39. The lowest BCUT2D eigenvalue weighted by atomic mass is 9.91. The van der Waals surface area contributed by atoms with Gasteiger partial charge in [0.2, 0.25) is 0 Å². The Labute approximate surface area is 170 Å². The van der Waals surface area contributed by atoms with Crippen LogP contribution in [0.1, 0.15) is 20.7 Å². The number of rotatable bonds is 3. The van der Waals surface area contributed by atoms with Gasteiger partial charge in [0.05, 0.1) is 21.9 Å². The van der Waals surface area contributed by atoms with Crippen LogP contribution in [-0.4, -0.2) is 22.2 Å². The SMILES string of the molecule is Nc1ccc2[o+]c3ccc(N)cc3c(-c3cc(C(=O)O)ccc3C(=O)O)c2c1.[Cl-]. The molecule has 1 heterocycles. The van der Waals surface area contributed by atoms with Crippen molar-refractivity contribution in [2.45, 2.75) is 0 Å². The lowest BCUT2D eigenvalue weighted by molar-refractivity contribution is -0.0000363. The number of nitrogen functional groups attached to an aromatic ring is 2. The van der Waals surface area contributed by atoms with Crippen molar-refractivity contribution in [3.63, 3.8) is 0 Å². The fourth-order valence-corrected chi connectivity index (χ4v) is 3.29. The predicted octanol–water partition coefficient (Wildman–Crippen LogP) is 1.10. The van der Waals surface area contributed by atoms with Crippen molar-refractivity contribution in [1.29, 1.82) is 0 Å². The van der Waals surface area contributed by atoms with E-state index in [4.69, 9.17) is 15.9 Å². The Bertz CT molecular complexity index is 1240. The van der Waals surface area contributed by atoms with Crippen LogP contribution in [0.5, 0.6) is 0 Å². The van der Waals surface area contributed by atoms with Crippen molar-refractivity contribution < 1.29 is 36.6 Å². The predicted molar refractivity (Wildman–Crippen MR) is 106 cm³/mol. The number of benzene rings is 3. The van der Waals surface area contributed by atoms with Gasteiger partial charge in [0.25, 0.3) is 0 Å². The smallest absolute Gasteiger partial charge is 0.361 e. The lowest BCUT2D eigenvalue weighted by Gasteiger charge is -2.11. The number of carboxylic acids is 2. The average Bonchev–Trinajstić information content (AvgIpc) is 2.65. The Morgan fingerprint density at radius 2 is 1.31 bits per heavy atom. The van der Waals surface area contributed by atoms with Gasteiger partial charge in [0.15, 0.2) is 0 Å². The van der Waals surface area contributed by atoms with Crippen LogP contribution in [-0.2, 0) is 0 Å². The summed E-state index contributed by atoms with van der Waals surface area (Å²) in [5, 5.41) is 20.2. The zero-order valence-electron chi connectivity index (χ0n) is 14.8. The average molecular weight is 411 g/mol. The van der Waals surface area contributed by atoms with Crippen molar-refractivity contribution >= 4 is 45.3 Å². The van der Waals surface area contributed by atoms with Crippen LogP contribution in [0.15, 0.2) is 59.0 Å². The Kier molecular flexibility index (Phi) is 5.01. The molecule has 0 unspecified atom stereocenters. The first-order valence-corrected chi connectivity index (χ1v) is 8.31. The molecule has 0 atom stereocenters. The lowest BCUT2D eigenvalue weighted by Crippen LogP contribution is -3.00. The largest absolute Gasteiger partial charge is 1.00 e. The maximum Gasteiger partial charge on any atom is 0.361 e. The highest BCUT2D eigenvalue weighted by molar-refractivity contribution is 6.13. The molecule has 146 valence electrons. The first-order chi connectivity index (χ1) is 13.3. The Morgan fingerprint density at radius 3 is 1.79 bits per heavy atom. The molecule has 6 N–H and O–H groups in total. The quantitative estimate of drug-likeness (QED) is 0.225. The fraction of sp³-hybridized carbons (Fsp3) is 0. The number of aromatic carboxylic acids is 2. The van der Waals surface area contributed by atoms with Gasteiger partial charge in [-0.3, -0.25) is 0 Å². The molecule has 0 saturated carbocycles. The van der Waals surface area contributed by atoms with Gasteiger partial charge in [-0.15, -0.1) is 0 Å². The molecule has 4 aromatic rings. The topological polar surface area (TPSA) is 138 Å². The van der Waals surface area contributed by atoms with Crippen molar-refractivity contribution in [2.75, 3.05) is 11.5 Å². The normalized spacial score (nSPS) is 10.6. The highest BCUT2D eigenvalue weighted by Gasteiger charge is 2.25. The summed E-state index contributed by atoms with van der Waals surface area (Å²) in [6.07, 6.45) is 0. The minimum atomic E-state index is -1.18. The van der Waals surface area contributed by atoms with Crippen molar-refractivity contribution in [3.8, 4) is 11.1 Å². The number of hydrogen-bond acceptors (Lipinski definition) is 4. The number of anilines is 2. The molecule has 1 aromatic heterocycles. The van der Waals surface area contributed by atoms with E-state index in [0.29, 0.717) is 38.9 Å². The third-order valence-corrected chi connectivity index (χ3v) is 4.53. The number of carboxylic acid groups (broad SMARTS) is 2. The number of halogens is 1.